The zero-order valence-corrected chi connectivity index (χ0v) is 14.2. The molecule has 1 amide bonds. The lowest BCUT2D eigenvalue weighted by molar-refractivity contribution is 0.0726. The summed E-state index contributed by atoms with van der Waals surface area (Å²) in [6.45, 7) is 5.51. The number of pyridine rings is 1. The van der Waals surface area contributed by atoms with Gasteiger partial charge < -0.3 is 14.7 Å². The number of rotatable bonds is 2. The maximum Gasteiger partial charge on any atom is 0.259 e. The number of piperidine rings is 2. The number of hydrogen-bond acceptors (Lipinski definition) is 5. The number of nitrogens with one attached hydrogen (secondary N) is 1. The molecule has 1 unspecified atom stereocenters. The molecule has 2 aromatic heterocycles. The van der Waals surface area contributed by atoms with Gasteiger partial charge in [-0.2, -0.15) is 0 Å². The smallest absolute Gasteiger partial charge is 0.259 e. The van der Waals surface area contributed by atoms with E-state index in [0.29, 0.717) is 11.3 Å². The molecule has 0 radical (unpaired) electrons. The molecule has 4 heterocycles. The summed E-state index contributed by atoms with van der Waals surface area (Å²) in [5.74, 6) is 0.385. The van der Waals surface area contributed by atoms with Gasteiger partial charge in [0, 0.05) is 31.2 Å². The lowest BCUT2D eigenvalue weighted by Crippen LogP contribution is -2.36. The SMILES string of the molecule is Cc1cc(C(=O)N2CCCCC2)c2c(C3CCCNC3)noc2n1. The molecule has 2 aliphatic heterocycles. The molecule has 0 aliphatic carbocycles. The zero-order chi connectivity index (χ0) is 16.5. The zero-order valence-electron chi connectivity index (χ0n) is 14.2. The van der Waals surface area contributed by atoms with Crippen LogP contribution < -0.4 is 5.32 Å². The number of aromatic nitrogens is 2. The Morgan fingerprint density at radius 1 is 1.29 bits per heavy atom. The second-order valence-electron chi connectivity index (χ2n) is 6.96. The molecule has 6 heteroatoms. The third kappa shape index (κ3) is 2.79. The number of likely N-dealkylation sites (tertiary alicyclic amines) is 1. The predicted molar refractivity (Wildman–Crippen MR) is 91.1 cm³/mol. The van der Waals surface area contributed by atoms with E-state index in [4.69, 9.17) is 4.52 Å². The number of fused-ring (bicyclic) bond motifs is 1. The Morgan fingerprint density at radius 3 is 2.88 bits per heavy atom. The van der Waals surface area contributed by atoms with Crippen molar-refractivity contribution in [1.82, 2.24) is 20.4 Å². The summed E-state index contributed by atoms with van der Waals surface area (Å²) in [6, 6.07) is 1.90. The molecule has 0 saturated carbocycles. The van der Waals surface area contributed by atoms with Crippen LogP contribution in [0, 0.1) is 6.92 Å². The minimum Gasteiger partial charge on any atom is -0.339 e. The van der Waals surface area contributed by atoms with Gasteiger partial charge in [-0.25, -0.2) is 4.98 Å². The first kappa shape index (κ1) is 15.6. The Kier molecular flexibility index (Phi) is 4.22. The highest BCUT2D eigenvalue weighted by molar-refractivity contribution is 6.06. The van der Waals surface area contributed by atoms with Crippen LogP contribution in [0.4, 0.5) is 0 Å². The highest BCUT2D eigenvalue weighted by Gasteiger charge is 2.28. The third-order valence-corrected chi connectivity index (χ3v) is 5.16. The molecule has 2 saturated heterocycles. The molecule has 128 valence electrons. The van der Waals surface area contributed by atoms with Gasteiger partial charge in [-0.1, -0.05) is 5.16 Å². The highest BCUT2D eigenvalue weighted by atomic mass is 16.5. The van der Waals surface area contributed by atoms with Gasteiger partial charge in [0.1, 0.15) is 0 Å². The van der Waals surface area contributed by atoms with Crippen LogP contribution in [0.2, 0.25) is 0 Å². The quantitative estimate of drug-likeness (QED) is 0.917. The molecule has 0 bridgehead atoms. The Hall–Kier alpha value is -1.95. The van der Waals surface area contributed by atoms with Crippen molar-refractivity contribution in [2.75, 3.05) is 26.2 Å². The fourth-order valence-corrected chi connectivity index (χ4v) is 3.90. The Morgan fingerprint density at radius 2 is 2.12 bits per heavy atom. The summed E-state index contributed by atoms with van der Waals surface area (Å²) in [7, 11) is 0. The summed E-state index contributed by atoms with van der Waals surface area (Å²) in [6.07, 6.45) is 5.57. The largest absolute Gasteiger partial charge is 0.339 e. The van der Waals surface area contributed by atoms with Crippen LogP contribution in [0.25, 0.3) is 11.1 Å². The molecule has 2 fully saturated rings. The standard InChI is InChI=1S/C18H24N4O2/c1-12-10-14(18(23)22-8-3-2-4-9-22)15-16(21-24-17(15)20-12)13-6-5-7-19-11-13/h10,13,19H,2-9,11H2,1H3. The van der Waals surface area contributed by atoms with E-state index in [0.717, 1.165) is 68.6 Å². The van der Waals surface area contributed by atoms with E-state index in [1.807, 2.05) is 17.9 Å². The van der Waals surface area contributed by atoms with Gasteiger partial charge >= 0.3 is 0 Å². The van der Waals surface area contributed by atoms with E-state index in [2.05, 4.69) is 15.5 Å². The second-order valence-corrected chi connectivity index (χ2v) is 6.96. The summed E-state index contributed by atoms with van der Waals surface area (Å²) >= 11 is 0. The molecule has 0 aromatic carbocycles. The number of carbonyl (C=O) groups excluding carboxylic acids is 1. The van der Waals surface area contributed by atoms with Crippen LogP contribution in [0.3, 0.4) is 0 Å². The monoisotopic (exact) mass is 328 g/mol. The Balaban J connectivity index is 1.77. The first-order valence-electron chi connectivity index (χ1n) is 9.01. The van der Waals surface area contributed by atoms with E-state index in [9.17, 15) is 4.79 Å². The molecular weight excluding hydrogens is 304 g/mol. The van der Waals surface area contributed by atoms with Crippen LogP contribution in [0.5, 0.6) is 0 Å². The maximum absolute atomic E-state index is 13.1. The number of nitrogens with zero attached hydrogens (tertiary/aromatic N) is 3. The van der Waals surface area contributed by atoms with Crippen LogP contribution in [-0.2, 0) is 0 Å². The average molecular weight is 328 g/mol. The molecule has 1 atom stereocenters. The third-order valence-electron chi connectivity index (χ3n) is 5.16. The normalized spacial score (nSPS) is 22.0. The van der Waals surface area contributed by atoms with Gasteiger partial charge in [0.15, 0.2) is 0 Å². The first-order valence-corrected chi connectivity index (χ1v) is 9.01. The second kappa shape index (κ2) is 6.51. The molecule has 2 aliphatic rings. The number of aryl methyl sites for hydroxylation is 1. The highest BCUT2D eigenvalue weighted by Crippen LogP contribution is 2.32. The molecule has 2 aromatic rings. The first-order chi connectivity index (χ1) is 11.7. The molecule has 6 nitrogen and oxygen atoms in total. The minimum atomic E-state index is 0.0958. The van der Waals surface area contributed by atoms with E-state index in [-0.39, 0.29) is 11.8 Å². The van der Waals surface area contributed by atoms with Gasteiger partial charge in [-0.05, 0) is 51.6 Å². The van der Waals surface area contributed by atoms with Gasteiger partial charge in [0.25, 0.3) is 11.6 Å². The number of carbonyl (C=O) groups is 1. The van der Waals surface area contributed by atoms with Crippen molar-refractivity contribution >= 4 is 17.0 Å². The van der Waals surface area contributed by atoms with E-state index >= 15 is 0 Å². The lowest BCUT2D eigenvalue weighted by atomic mass is 9.92. The van der Waals surface area contributed by atoms with Gasteiger partial charge in [-0.3, -0.25) is 4.79 Å². The molecule has 24 heavy (non-hydrogen) atoms. The van der Waals surface area contributed by atoms with Crippen molar-refractivity contribution in [2.24, 2.45) is 0 Å². The van der Waals surface area contributed by atoms with Crippen LogP contribution in [0.1, 0.15) is 59.8 Å². The predicted octanol–water partition coefficient (Wildman–Crippen LogP) is 2.62. The van der Waals surface area contributed by atoms with Crippen LogP contribution in [0.15, 0.2) is 10.6 Å². The van der Waals surface area contributed by atoms with E-state index in [1.165, 1.54) is 6.42 Å². The number of hydrogen-bond donors (Lipinski definition) is 1. The van der Waals surface area contributed by atoms with Crippen molar-refractivity contribution in [3.63, 3.8) is 0 Å². The van der Waals surface area contributed by atoms with Crippen molar-refractivity contribution in [1.29, 1.82) is 0 Å². The van der Waals surface area contributed by atoms with Crippen LogP contribution >= 0.6 is 0 Å². The van der Waals surface area contributed by atoms with Gasteiger partial charge in [-0.15, -0.1) is 0 Å². The molecular formula is C18H24N4O2. The summed E-state index contributed by atoms with van der Waals surface area (Å²) in [5, 5.41) is 8.54. The number of amides is 1. The fourth-order valence-electron chi connectivity index (χ4n) is 3.90. The van der Waals surface area contributed by atoms with Crippen molar-refractivity contribution < 1.29 is 9.32 Å². The average Bonchev–Trinajstić information content (AvgIpc) is 3.05. The topological polar surface area (TPSA) is 71.3 Å². The lowest BCUT2D eigenvalue weighted by Gasteiger charge is -2.27. The van der Waals surface area contributed by atoms with Crippen molar-refractivity contribution in [3.8, 4) is 0 Å². The molecule has 1 N–H and O–H groups in total. The summed E-state index contributed by atoms with van der Waals surface area (Å²) in [4.78, 5) is 19.5. The minimum absolute atomic E-state index is 0.0958. The Labute approximate surface area is 141 Å². The summed E-state index contributed by atoms with van der Waals surface area (Å²) < 4.78 is 5.50. The Bertz CT molecular complexity index is 743. The fraction of sp³-hybridized carbons (Fsp3) is 0.611. The van der Waals surface area contributed by atoms with Gasteiger partial charge in [0.2, 0.25) is 0 Å². The van der Waals surface area contributed by atoms with Crippen molar-refractivity contribution in [2.45, 2.75) is 44.9 Å². The molecule has 4 rings (SSSR count). The maximum atomic E-state index is 13.1. The summed E-state index contributed by atoms with van der Waals surface area (Å²) in [5.41, 5.74) is 2.90. The molecule has 0 spiro atoms. The van der Waals surface area contributed by atoms with E-state index < -0.39 is 0 Å². The van der Waals surface area contributed by atoms with Gasteiger partial charge in [0.05, 0.1) is 16.6 Å². The van der Waals surface area contributed by atoms with E-state index in [1.54, 1.807) is 0 Å². The van der Waals surface area contributed by atoms with Crippen molar-refractivity contribution in [3.05, 3.63) is 23.0 Å². The van der Waals surface area contributed by atoms with Crippen LogP contribution in [-0.4, -0.2) is 47.1 Å².